The third-order valence-corrected chi connectivity index (χ3v) is 6.37. The number of para-hydroxylation sites is 2. The van der Waals surface area contributed by atoms with Crippen LogP contribution in [-0.4, -0.2) is 27.0 Å². The van der Waals surface area contributed by atoms with Gasteiger partial charge in [-0.3, -0.25) is 4.79 Å². The Bertz CT molecular complexity index is 951. The molecule has 150 valence electrons. The van der Waals surface area contributed by atoms with E-state index in [1.165, 1.54) is 12.1 Å². The highest BCUT2D eigenvalue weighted by Crippen LogP contribution is 2.30. The number of ether oxygens (including phenoxy) is 1. The van der Waals surface area contributed by atoms with E-state index in [0.717, 1.165) is 25.7 Å². The standard InChI is InChI=1S/C21H26N2O4S/c1-3-22-28(25,26)17-13-12-15(2)18(14-17)21(24)23-19-10-6-7-11-20(19)27-16-8-4-5-9-16/h6-7,10-14,16,22H,3-5,8-9H2,1-2H3,(H,23,24). The summed E-state index contributed by atoms with van der Waals surface area (Å²) in [6, 6.07) is 11.9. The average molecular weight is 403 g/mol. The molecule has 28 heavy (non-hydrogen) atoms. The second kappa shape index (κ2) is 8.75. The molecular weight excluding hydrogens is 376 g/mol. The van der Waals surface area contributed by atoms with E-state index >= 15 is 0 Å². The van der Waals surface area contributed by atoms with Gasteiger partial charge in [-0.05, 0) is 62.4 Å². The van der Waals surface area contributed by atoms with Crippen LogP contribution in [0.2, 0.25) is 0 Å². The lowest BCUT2D eigenvalue weighted by Crippen LogP contribution is -2.24. The van der Waals surface area contributed by atoms with E-state index in [9.17, 15) is 13.2 Å². The van der Waals surface area contributed by atoms with Crippen LogP contribution in [0, 0.1) is 6.92 Å². The molecule has 0 radical (unpaired) electrons. The Kier molecular flexibility index (Phi) is 6.36. The van der Waals surface area contributed by atoms with E-state index in [0.29, 0.717) is 22.6 Å². The van der Waals surface area contributed by atoms with Gasteiger partial charge in [0, 0.05) is 12.1 Å². The topological polar surface area (TPSA) is 84.5 Å². The number of sulfonamides is 1. The van der Waals surface area contributed by atoms with Crippen LogP contribution in [0.5, 0.6) is 5.75 Å². The number of nitrogens with one attached hydrogen (secondary N) is 2. The lowest BCUT2D eigenvalue weighted by molar-refractivity contribution is 0.102. The van der Waals surface area contributed by atoms with Crippen molar-refractivity contribution in [2.75, 3.05) is 11.9 Å². The van der Waals surface area contributed by atoms with Crippen LogP contribution in [0.3, 0.4) is 0 Å². The Hall–Kier alpha value is -2.38. The van der Waals surface area contributed by atoms with E-state index in [4.69, 9.17) is 4.74 Å². The minimum atomic E-state index is -3.63. The van der Waals surface area contributed by atoms with E-state index in [1.54, 1.807) is 26.0 Å². The van der Waals surface area contributed by atoms with Gasteiger partial charge in [0.1, 0.15) is 5.75 Å². The Balaban J connectivity index is 1.84. The van der Waals surface area contributed by atoms with Crippen molar-refractivity contribution < 1.29 is 17.9 Å². The Morgan fingerprint density at radius 1 is 1.14 bits per heavy atom. The number of hydrogen-bond donors (Lipinski definition) is 2. The summed E-state index contributed by atoms with van der Waals surface area (Å²) in [6.07, 6.45) is 4.53. The lowest BCUT2D eigenvalue weighted by Gasteiger charge is -2.17. The van der Waals surface area contributed by atoms with Crippen LogP contribution >= 0.6 is 0 Å². The molecule has 2 aromatic rings. The normalized spacial score (nSPS) is 14.8. The second-order valence-electron chi connectivity index (χ2n) is 6.95. The number of carbonyl (C=O) groups is 1. The first-order valence-corrected chi connectivity index (χ1v) is 11.1. The Morgan fingerprint density at radius 3 is 2.57 bits per heavy atom. The average Bonchev–Trinajstić information content (AvgIpc) is 3.16. The first-order chi connectivity index (χ1) is 13.4. The van der Waals surface area contributed by atoms with Crippen LogP contribution in [0.15, 0.2) is 47.4 Å². The molecule has 1 aliphatic rings. The number of aryl methyl sites for hydroxylation is 1. The van der Waals surface area contributed by atoms with Crippen molar-refractivity contribution in [3.8, 4) is 5.75 Å². The fourth-order valence-electron chi connectivity index (χ4n) is 3.33. The largest absolute Gasteiger partial charge is 0.488 e. The third kappa shape index (κ3) is 4.72. The van der Waals surface area contributed by atoms with Gasteiger partial charge < -0.3 is 10.1 Å². The molecule has 0 aliphatic heterocycles. The maximum Gasteiger partial charge on any atom is 0.256 e. The first kappa shape index (κ1) is 20.4. The number of rotatable bonds is 7. The molecular formula is C21H26N2O4S. The number of amides is 1. The second-order valence-corrected chi connectivity index (χ2v) is 8.72. The monoisotopic (exact) mass is 402 g/mol. The van der Waals surface area contributed by atoms with Crippen molar-refractivity contribution in [3.05, 3.63) is 53.6 Å². The molecule has 2 aromatic carbocycles. The number of benzene rings is 2. The molecule has 0 aromatic heterocycles. The van der Waals surface area contributed by atoms with Crippen LogP contribution in [0.25, 0.3) is 0 Å². The molecule has 0 atom stereocenters. The molecule has 0 bridgehead atoms. The van der Waals surface area contributed by atoms with Gasteiger partial charge in [0.2, 0.25) is 10.0 Å². The maximum atomic E-state index is 12.9. The fraction of sp³-hybridized carbons (Fsp3) is 0.381. The number of anilines is 1. The molecule has 0 heterocycles. The predicted molar refractivity (Wildman–Crippen MR) is 109 cm³/mol. The van der Waals surface area contributed by atoms with Crippen LogP contribution in [0.4, 0.5) is 5.69 Å². The SMILES string of the molecule is CCNS(=O)(=O)c1ccc(C)c(C(=O)Nc2ccccc2OC2CCCC2)c1. The summed E-state index contributed by atoms with van der Waals surface area (Å²) >= 11 is 0. The molecule has 6 nitrogen and oxygen atoms in total. The van der Waals surface area contributed by atoms with E-state index in [2.05, 4.69) is 10.0 Å². The Labute approximate surface area is 166 Å². The van der Waals surface area contributed by atoms with Crippen LogP contribution in [0.1, 0.15) is 48.5 Å². The van der Waals surface area contributed by atoms with Crippen molar-refractivity contribution in [3.63, 3.8) is 0 Å². The van der Waals surface area contributed by atoms with E-state index in [1.807, 2.05) is 18.2 Å². The smallest absolute Gasteiger partial charge is 0.256 e. The van der Waals surface area contributed by atoms with Crippen molar-refractivity contribution in [1.29, 1.82) is 0 Å². The van der Waals surface area contributed by atoms with Crippen molar-refractivity contribution in [1.82, 2.24) is 4.72 Å². The van der Waals surface area contributed by atoms with Gasteiger partial charge in [0.25, 0.3) is 5.91 Å². The molecule has 1 amide bonds. The van der Waals surface area contributed by atoms with E-state index in [-0.39, 0.29) is 23.5 Å². The summed E-state index contributed by atoms with van der Waals surface area (Å²) in [7, 11) is -3.63. The third-order valence-electron chi connectivity index (χ3n) is 4.83. The van der Waals surface area contributed by atoms with Gasteiger partial charge >= 0.3 is 0 Å². The molecule has 1 aliphatic carbocycles. The maximum absolute atomic E-state index is 12.9. The zero-order valence-corrected chi connectivity index (χ0v) is 17.0. The zero-order valence-electron chi connectivity index (χ0n) is 16.2. The van der Waals surface area contributed by atoms with Gasteiger partial charge in [0.15, 0.2) is 0 Å². The summed E-state index contributed by atoms with van der Waals surface area (Å²) in [4.78, 5) is 12.9. The molecule has 2 N–H and O–H groups in total. The predicted octanol–water partition coefficient (Wildman–Crippen LogP) is 3.87. The van der Waals surface area contributed by atoms with Crippen molar-refractivity contribution in [2.24, 2.45) is 0 Å². The first-order valence-electron chi connectivity index (χ1n) is 9.58. The fourth-order valence-corrected chi connectivity index (χ4v) is 4.40. The Morgan fingerprint density at radius 2 is 1.86 bits per heavy atom. The van der Waals surface area contributed by atoms with Gasteiger partial charge in [-0.1, -0.05) is 25.1 Å². The molecule has 7 heteroatoms. The molecule has 3 rings (SSSR count). The van der Waals surface area contributed by atoms with Gasteiger partial charge in [-0.25, -0.2) is 13.1 Å². The summed E-state index contributed by atoms with van der Waals surface area (Å²) < 4.78 is 33.0. The van der Waals surface area contributed by atoms with Crippen LogP contribution in [-0.2, 0) is 10.0 Å². The molecule has 0 unspecified atom stereocenters. The minimum absolute atomic E-state index is 0.0700. The summed E-state index contributed by atoms with van der Waals surface area (Å²) in [5, 5.41) is 2.87. The van der Waals surface area contributed by atoms with E-state index < -0.39 is 10.0 Å². The molecule has 0 saturated heterocycles. The number of hydrogen-bond acceptors (Lipinski definition) is 4. The quantitative estimate of drug-likeness (QED) is 0.736. The van der Waals surface area contributed by atoms with Gasteiger partial charge in [-0.2, -0.15) is 0 Å². The highest BCUT2D eigenvalue weighted by molar-refractivity contribution is 7.89. The van der Waals surface area contributed by atoms with Crippen LogP contribution < -0.4 is 14.8 Å². The number of carbonyl (C=O) groups excluding carboxylic acids is 1. The molecule has 1 fully saturated rings. The lowest BCUT2D eigenvalue weighted by atomic mass is 10.1. The summed E-state index contributed by atoms with van der Waals surface area (Å²) in [5.74, 6) is 0.269. The zero-order chi connectivity index (χ0) is 20.1. The molecule has 0 spiro atoms. The van der Waals surface area contributed by atoms with Crippen molar-refractivity contribution in [2.45, 2.75) is 50.5 Å². The summed E-state index contributed by atoms with van der Waals surface area (Å²) in [6.45, 7) is 3.77. The summed E-state index contributed by atoms with van der Waals surface area (Å²) in [5.41, 5.74) is 1.59. The van der Waals surface area contributed by atoms with Crippen molar-refractivity contribution >= 4 is 21.6 Å². The molecule has 1 saturated carbocycles. The highest BCUT2D eigenvalue weighted by Gasteiger charge is 2.20. The van der Waals surface area contributed by atoms with Gasteiger partial charge in [-0.15, -0.1) is 0 Å². The highest BCUT2D eigenvalue weighted by atomic mass is 32.2. The minimum Gasteiger partial charge on any atom is -0.488 e. The van der Waals surface area contributed by atoms with Gasteiger partial charge in [0.05, 0.1) is 16.7 Å².